The molecule has 0 bridgehead atoms. The first-order chi connectivity index (χ1) is 9.52. The van der Waals surface area contributed by atoms with E-state index in [1.54, 1.807) is 0 Å². The molecule has 0 saturated carbocycles. The summed E-state index contributed by atoms with van der Waals surface area (Å²) in [5.74, 6) is 0.595. The van der Waals surface area contributed by atoms with Gasteiger partial charge in [0.1, 0.15) is 5.75 Å². The molecule has 1 rings (SSSR count). The average Bonchev–Trinajstić information content (AvgIpc) is 2.39. The number of amides is 1. The Morgan fingerprint density at radius 3 is 2.80 bits per heavy atom. The number of hydrogen-bond acceptors (Lipinski definition) is 3. The number of nitrogens with one attached hydrogen (secondary N) is 2. The van der Waals surface area contributed by atoms with E-state index in [-0.39, 0.29) is 11.8 Å². The van der Waals surface area contributed by atoms with Crippen LogP contribution in [0.15, 0.2) is 24.3 Å². The molecule has 110 valence electrons. The van der Waals surface area contributed by atoms with Crippen molar-refractivity contribution < 1.29 is 9.53 Å². The van der Waals surface area contributed by atoms with Gasteiger partial charge in [0.2, 0.25) is 5.91 Å². The van der Waals surface area contributed by atoms with E-state index < -0.39 is 0 Å². The molecule has 0 saturated heterocycles. The van der Waals surface area contributed by atoms with Gasteiger partial charge in [0.25, 0.3) is 0 Å². The predicted octanol–water partition coefficient (Wildman–Crippen LogP) is 3.33. The lowest BCUT2D eigenvalue weighted by atomic mass is 10.2. The molecule has 0 radical (unpaired) electrons. The number of ether oxygens (including phenoxy) is 1. The normalized spacial score (nSPS) is 10.2. The summed E-state index contributed by atoms with van der Waals surface area (Å²) in [6, 6.07) is 7.52. The Kier molecular flexibility index (Phi) is 7.01. The molecule has 1 aromatic rings. The Hall–Kier alpha value is -1.62. The zero-order chi connectivity index (χ0) is 15.0. The van der Waals surface area contributed by atoms with Gasteiger partial charge in [0.05, 0.1) is 6.61 Å². The second kappa shape index (κ2) is 8.53. The van der Waals surface area contributed by atoms with E-state index in [9.17, 15) is 4.79 Å². The SMILES string of the molecule is CCCCOc1cccc(NC(=S)NC(=O)C(C)C)c1. The quantitative estimate of drug-likeness (QED) is 0.624. The standard InChI is InChI=1S/C15H22N2O2S/c1-4-5-9-19-13-8-6-7-12(10-13)16-15(20)17-14(18)11(2)3/h6-8,10-11H,4-5,9H2,1-3H3,(H2,16,17,18,20). The highest BCUT2D eigenvalue weighted by molar-refractivity contribution is 7.80. The third-order valence-electron chi connectivity index (χ3n) is 2.62. The highest BCUT2D eigenvalue weighted by Crippen LogP contribution is 2.17. The maximum Gasteiger partial charge on any atom is 0.228 e. The lowest BCUT2D eigenvalue weighted by molar-refractivity contribution is -0.122. The lowest BCUT2D eigenvalue weighted by Gasteiger charge is -2.12. The third-order valence-corrected chi connectivity index (χ3v) is 2.82. The van der Waals surface area contributed by atoms with Gasteiger partial charge in [-0.15, -0.1) is 0 Å². The fourth-order valence-electron chi connectivity index (χ4n) is 1.42. The Morgan fingerprint density at radius 1 is 1.40 bits per heavy atom. The first-order valence-corrected chi connectivity index (χ1v) is 7.28. The van der Waals surface area contributed by atoms with Crippen LogP contribution in [0.1, 0.15) is 33.6 Å². The highest BCUT2D eigenvalue weighted by atomic mass is 32.1. The number of rotatable bonds is 6. The van der Waals surface area contributed by atoms with E-state index in [0.717, 1.165) is 24.3 Å². The molecule has 0 fully saturated rings. The van der Waals surface area contributed by atoms with Crippen LogP contribution in [-0.4, -0.2) is 17.6 Å². The van der Waals surface area contributed by atoms with Crippen molar-refractivity contribution in [2.24, 2.45) is 5.92 Å². The summed E-state index contributed by atoms with van der Waals surface area (Å²) in [5.41, 5.74) is 0.799. The Balaban J connectivity index is 2.53. The molecule has 4 nitrogen and oxygen atoms in total. The van der Waals surface area contributed by atoms with Crippen molar-refractivity contribution in [3.05, 3.63) is 24.3 Å². The summed E-state index contributed by atoms with van der Waals surface area (Å²) >= 11 is 5.10. The zero-order valence-corrected chi connectivity index (χ0v) is 13.0. The molecular weight excluding hydrogens is 272 g/mol. The monoisotopic (exact) mass is 294 g/mol. The number of carbonyl (C=O) groups excluding carboxylic acids is 1. The van der Waals surface area contributed by atoms with Gasteiger partial charge >= 0.3 is 0 Å². The summed E-state index contributed by atoms with van der Waals surface area (Å²) in [5, 5.41) is 5.92. The topological polar surface area (TPSA) is 50.4 Å². The van der Waals surface area contributed by atoms with Crippen molar-refractivity contribution in [2.75, 3.05) is 11.9 Å². The fraction of sp³-hybridized carbons (Fsp3) is 0.467. The van der Waals surface area contributed by atoms with E-state index in [1.165, 1.54) is 0 Å². The van der Waals surface area contributed by atoms with E-state index in [0.29, 0.717) is 11.7 Å². The molecule has 1 aromatic carbocycles. The smallest absolute Gasteiger partial charge is 0.228 e. The minimum absolute atomic E-state index is 0.0986. The molecule has 0 aliphatic rings. The van der Waals surface area contributed by atoms with Gasteiger partial charge in [-0.25, -0.2) is 0 Å². The number of unbranched alkanes of at least 4 members (excludes halogenated alkanes) is 1. The van der Waals surface area contributed by atoms with Crippen LogP contribution in [0.3, 0.4) is 0 Å². The minimum Gasteiger partial charge on any atom is -0.494 e. The molecule has 0 unspecified atom stereocenters. The molecule has 20 heavy (non-hydrogen) atoms. The Morgan fingerprint density at radius 2 is 2.15 bits per heavy atom. The lowest BCUT2D eigenvalue weighted by Crippen LogP contribution is -2.36. The van der Waals surface area contributed by atoms with Crippen molar-refractivity contribution >= 4 is 28.9 Å². The maximum absolute atomic E-state index is 11.5. The summed E-state index contributed by atoms with van der Waals surface area (Å²) in [7, 11) is 0. The summed E-state index contributed by atoms with van der Waals surface area (Å²) in [4.78, 5) is 11.5. The van der Waals surface area contributed by atoms with Gasteiger partial charge in [0.15, 0.2) is 5.11 Å². The maximum atomic E-state index is 11.5. The molecule has 0 aliphatic heterocycles. The van der Waals surface area contributed by atoms with Gasteiger partial charge in [-0.3, -0.25) is 4.79 Å². The first-order valence-electron chi connectivity index (χ1n) is 6.87. The van der Waals surface area contributed by atoms with Crippen LogP contribution in [0.5, 0.6) is 5.75 Å². The molecule has 0 spiro atoms. The zero-order valence-electron chi connectivity index (χ0n) is 12.2. The number of carbonyl (C=O) groups is 1. The summed E-state index contributed by atoms with van der Waals surface area (Å²) < 4.78 is 5.62. The van der Waals surface area contributed by atoms with Crippen LogP contribution in [-0.2, 0) is 4.79 Å². The predicted molar refractivity (Wildman–Crippen MR) is 86.0 cm³/mol. The second-order valence-electron chi connectivity index (χ2n) is 4.83. The highest BCUT2D eigenvalue weighted by Gasteiger charge is 2.08. The van der Waals surface area contributed by atoms with Gasteiger partial charge in [-0.2, -0.15) is 0 Å². The molecule has 1 amide bonds. The molecule has 5 heteroatoms. The van der Waals surface area contributed by atoms with E-state index in [2.05, 4.69) is 17.6 Å². The molecule has 2 N–H and O–H groups in total. The molecule has 0 heterocycles. The fourth-order valence-corrected chi connectivity index (χ4v) is 1.64. The minimum atomic E-state index is -0.0992. The van der Waals surface area contributed by atoms with Gasteiger partial charge in [0, 0.05) is 17.7 Å². The molecule has 0 aromatic heterocycles. The van der Waals surface area contributed by atoms with Crippen molar-refractivity contribution in [3.8, 4) is 5.75 Å². The van der Waals surface area contributed by atoms with Gasteiger partial charge in [-0.1, -0.05) is 33.3 Å². The van der Waals surface area contributed by atoms with Gasteiger partial charge in [-0.05, 0) is 30.8 Å². The van der Waals surface area contributed by atoms with Crippen molar-refractivity contribution in [3.63, 3.8) is 0 Å². The Labute approximate surface area is 125 Å². The number of hydrogen-bond donors (Lipinski definition) is 2. The largest absolute Gasteiger partial charge is 0.494 e. The average molecular weight is 294 g/mol. The van der Waals surface area contributed by atoms with E-state index in [1.807, 2.05) is 38.1 Å². The van der Waals surface area contributed by atoms with Crippen molar-refractivity contribution in [2.45, 2.75) is 33.6 Å². The van der Waals surface area contributed by atoms with E-state index in [4.69, 9.17) is 17.0 Å². The van der Waals surface area contributed by atoms with Crippen molar-refractivity contribution in [1.82, 2.24) is 5.32 Å². The van der Waals surface area contributed by atoms with Crippen LogP contribution in [0.2, 0.25) is 0 Å². The number of benzene rings is 1. The van der Waals surface area contributed by atoms with Gasteiger partial charge < -0.3 is 15.4 Å². The Bertz CT molecular complexity index is 461. The molecule has 0 atom stereocenters. The molecular formula is C15H22N2O2S. The molecule has 0 aliphatic carbocycles. The van der Waals surface area contributed by atoms with Crippen LogP contribution in [0, 0.1) is 5.92 Å². The summed E-state index contributed by atoms with van der Waals surface area (Å²) in [6.45, 7) is 6.46. The van der Waals surface area contributed by atoms with Crippen LogP contribution < -0.4 is 15.4 Å². The number of anilines is 1. The van der Waals surface area contributed by atoms with Crippen LogP contribution in [0.4, 0.5) is 5.69 Å². The third kappa shape index (κ3) is 6.02. The van der Waals surface area contributed by atoms with E-state index >= 15 is 0 Å². The number of thiocarbonyl (C=S) groups is 1. The second-order valence-corrected chi connectivity index (χ2v) is 5.24. The van der Waals surface area contributed by atoms with Crippen molar-refractivity contribution in [1.29, 1.82) is 0 Å². The summed E-state index contributed by atoms with van der Waals surface area (Å²) in [6.07, 6.45) is 2.13. The van der Waals surface area contributed by atoms with Crippen LogP contribution >= 0.6 is 12.2 Å². The first kappa shape index (κ1) is 16.4. The van der Waals surface area contributed by atoms with Crippen LogP contribution in [0.25, 0.3) is 0 Å².